The van der Waals surface area contributed by atoms with Gasteiger partial charge in [-0.3, -0.25) is 0 Å². The molecule has 0 aromatic heterocycles. The average Bonchev–Trinajstić information content (AvgIpc) is 1.80. The van der Waals surface area contributed by atoms with Gasteiger partial charge in [-0.2, -0.15) is 0 Å². The molecule has 1 aliphatic carbocycles. The highest BCUT2D eigenvalue weighted by atomic mass is 35.5. The minimum absolute atomic E-state index is 0.542. The summed E-state index contributed by atoms with van der Waals surface area (Å²) in [6, 6.07) is 0. The maximum Gasteiger partial charge on any atom is 0.0548 e. The first-order valence-electron chi connectivity index (χ1n) is 2.92. The Morgan fingerprint density at radius 1 is 1.56 bits per heavy atom. The van der Waals surface area contributed by atoms with E-state index < -0.39 is 0 Å². The summed E-state index contributed by atoms with van der Waals surface area (Å²) in [6.07, 6.45) is 4.81. The van der Waals surface area contributed by atoms with E-state index in [1.807, 2.05) is 6.08 Å². The molecule has 0 radical (unpaired) electrons. The molecule has 9 heavy (non-hydrogen) atoms. The molecule has 0 bridgehead atoms. The highest BCUT2D eigenvalue weighted by molar-refractivity contribution is 6.40. The van der Waals surface area contributed by atoms with Crippen LogP contribution in [0.15, 0.2) is 22.2 Å². The molecule has 0 amide bonds. The zero-order valence-electron chi connectivity index (χ0n) is 5.20. The Balaban J connectivity index is 2.75. The Morgan fingerprint density at radius 3 is 2.67 bits per heavy atom. The molecule has 0 aromatic rings. The third-order valence-electron chi connectivity index (χ3n) is 1.33. The first-order chi connectivity index (χ1) is 4.20. The van der Waals surface area contributed by atoms with Crippen molar-refractivity contribution < 1.29 is 0 Å². The van der Waals surface area contributed by atoms with Crippen LogP contribution >= 0.6 is 23.2 Å². The van der Waals surface area contributed by atoms with E-state index in [1.54, 1.807) is 0 Å². The van der Waals surface area contributed by atoms with Crippen molar-refractivity contribution >= 4 is 23.2 Å². The molecule has 0 aliphatic heterocycles. The maximum atomic E-state index is 5.76. The molecule has 0 fully saturated rings. The maximum absolute atomic E-state index is 5.76. The summed E-state index contributed by atoms with van der Waals surface area (Å²) in [5, 5.41) is 1.47. The van der Waals surface area contributed by atoms with Gasteiger partial charge in [-0.25, -0.2) is 0 Å². The van der Waals surface area contributed by atoms with E-state index in [2.05, 4.69) is 13.0 Å². The predicted molar refractivity (Wildman–Crippen MR) is 41.7 cm³/mol. The van der Waals surface area contributed by atoms with Crippen LogP contribution in [-0.2, 0) is 0 Å². The lowest BCUT2D eigenvalue weighted by molar-refractivity contribution is 0.726. The van der Waals surface area contributed by atoms with Crippen LogP contribution in [0.2, 0.25) is 0 Å². The molecular formula is C7H8Cl2. The quantitative estimate of drug-likeness (QED) is 0.514. The van der Waals surface area contributed by atoms with Gasteiger partial charge in [0.15, 0.2) is 0 Å². The Hall–Kier alpha value is 0.0600. The molecule has 50 valence electrons. The second-order valence-electron chi connectivity index (χ2n) is 2.29. The Kier molecular flexibility index (Phi) is 2.20. The SMILES string of the molecule is CC1C=CC(Cl)=C(Cl)C1. The molecule has 0 aromatic carbocycles. The van der Waals surface area contributed by atoms with Crippen LogP contribution < -0.4 is 0 Å². The largest absolute Gasteiger partial charge is 0.0875 e. The second kappa shape index (κ2) is 2.76. The summed E-state index contributed by atoms with van der Waals surface area (Å²) in [5.41, 5.74) is 0. The van der Waals surface area contributed by atoms with Crippen molar-refractivity contribution in [3.63, 3.8) is 0 Å². The van der Waals surface area contributed by atoms with E-state index >= 15 is 0 Å². The summed E-state index contributed by atoms with van der Waals surface area (Å²) in [6.45, 7) is 2.11. The van der Waals surface area contributed by atoms with E-state index in [-0.39, 0.29) is 0 Å². The van der Waals surface area contributed by atoms with Crippen LogP contribution in [0, 0.1) is 5.92 Å². The molecule has 0 spiro atoms. The number of hydrogen-bond donors (Lipinski definition) is 0. The topological polar surface area (TPSA) is 0 Å². The standard InChI is InChI=1S/C7H8Cl2/c1-5-2-3-6(8)7(9)4-5/h2-3,5H,4H2,1H3. The van der Waals surface area contributed by atoms with E-state index in [0.717, 1.165) is 11.5 Å². The van der Waals surface area contributed by atoms with Crippen molar-refractivity contribution in [2.45, 2.75) is 13.3 Å². The predicted octanol–water partition coefficient (Wildman–Crippen LogP) is 3.27. The van der Waals surface area contributed by atoms with Gasteiger partial charge in [-0.05, 0) is 18.4 Å². The summed E-state index contributed by atoms with van der Waals surface area (Å²) >= 11 is 11.5. The smallest absolute Gasteiger partial charge is 0.0548 e. The van der Waals surface area contributed by atoms with Gasteiger partial charge in [-0.1, -0.05) is 36.2 Å². The van der Waals surface area contributed by atoms with Gasteiger partial charge >= 0.3 is 0 Å². The fourth-order valence-corrected chi connectivity index (χ4v) is 1.24. The van der Waals surface area contributed by atoms with Crippen molar-refractivity contribution in [3.8, 4) is 0 Å². The highest BCUT2D eigenvalue weighted by Gasteiger charge is 2.08. The van der Waals surface area contributed by atoms with Crippen LogP contribution in [0.4, 0.5) is 0 Å². The van der Waals surface area contributed by atoms with Crippen molar-refractivity contribution in [2.75, 3.05) is 0 Å². The number of rotatable bonds is 0. The summed E-state index contributed by atoms with van der Waals surface area (Å²) < 4.78 is 0. The van der Waals surface area contributed by atoms with E-state index in [9.17, 15) is 0 Å². The third kappa shape index (κ3) is 1.74. The molecule has 0 N–H and O–H groups in total. The van der Waals surface area contributed by atoms with Crippen LogP contribution in [0.25, 0.3) is 0 Å². The van der Waals surface area contributed by atoms with Crippen LogP contribution in [0.3, 0.4) is 0 Å². The molecule has 0 saturated heterocycles. The molecule has 1 unspecified atom stereocenters. The minimum Gasteiger partial charge on any atom is -0.0875 e. The molecule has 1 aliphatic rings. The van der Waals surface area contributed by atoms with Crippen LogP contribution in [0.5, 0.6) is 0 Å². The fourth-order valence-electron chi connectivity index (χ4n) is 0.787. The lowest BCUT2D eigenvalue weighted by Crippen LogP contribution is -1.94. The van der Waals surface area contributed by atoms with Crippen LogP contribution in [0.1, 0.15) is 13.3 Å². The zero-order chi connectivity index (χ0) is 6.85. The second-order valence-corrected chi connectivity index (χ2v) is 3.16. The fraction of sp³-hybridized carbons (Fsp3) is 0.429. The molecule has 0 saturated carbocycles. The van der Waals surface area contributed by atoms with Crippen LogP contribution in [-0.4, -0.2) is 0 Å². The molecular weight excluding hydrogens is 155 g/mol. The van der Waals surface area contributed by atoms with Gasteiger partial charge in [0.25, 0.3) is 0 Å². The monoisotopic (exact) mass is 162 g/mol. The summed E-state index contributed by atoms with van der Waals surface area (Å²) in [5.74, 6) is 0.542. The van der Waals surface area contributed by atoms with E-state index in [0.29, 0.717) is 11.0 Å². The highest BCUT2D eigenvalue weighted by Crippen LogP contribution is 2.27. The van der Waals surface area contributed by atoms with Gasteiger partial charge in [0.1, 0.15) is 0 Å². The first-order valence-corrected chi connectivity index (χ1v) is 3.68. The number of hydrogen-bond acceptors (Lipinski definition) is 0. The molecule has 1 rings (SSSR count). The van der Waals surface area contributed by atoms with Gasteiger partial charge in [-0.15, -0.1) is 0 Å². The Labute approximate surface area is 65.2 Å². The van der Waals surface area contributed by atoms with E-state index in [4.69, 9.17) is 23.2 Å². The normalized spacial score (nSPS) is 27.2. The van der Waals surface area contributed by atoms with Crippen molar-refractivity contribution in [1.29, 1.82) is 0 Å². The summed E-state index contributed by atoms with van der Waals surface area (Å²) in [7, 11) is 0. The van der Waals surface area contributed by atoms with Gasteiger partial charge < -0.3 is 0 Å². The molecule has 2 heteroatoms. The number of halogens is 2. The van der Waals surface area contributed by atoms with Gasteiger partial charge in [0.2, 0.25) is 0 Å². The first kappa shape index (κ1) is 7.17. The zero-order valence-corrected chi connectivity index (χ0v) is 6.71. The summed E-state index contributed by atoms with van der Waals surface area (Å²) in [4.78, 5) is 0. The molecule has 0 nitrogen and oxygen atoms in total. The average molecular weight is 163 g/mol. The van der Waals surface area contributed by atoms with Crippen molar-refractivity contribution in [3.05, 3.63) is 22.2 Å². The van der Waals surface area contributed by atoms with E-state index in [1.165, 1.54) is 0 Å². The number of allylic oxidation sites excluding steroid dienone is 4. The van der Waals surface area contributed by atoms with Gasteiger partial charge in [0, 0.05) is 5.03 Å². The van der Waals surface area contributed by atoms with Crippen molar-refractivity contribution in [1.82, 2.24) is 0 Å². The van der Waals surface area contributed by atoms with Gasteiger partial charge in [0.05, 0.1) is 5.03 Å². The lowest BCUT2D eigenvalue weighted by Gasteiger charge is -2.10. The Morgan fingerprint density at radius 2 is 2.22 bits per heavy atom. The molecule has 1 atom stereocenters. The Bertz CT molecular complexity index is 168. The third-order valence-corrected chi connectivity index (χ3v) is 2.14. The van der Waals surface area contributed by atoms with Crippen molar-refractivity contribution in [2.24, 2.45) is 5.92 Å². The minimum atomic E-state index is 0.542. The lowest BCUT2D eigenvalue weighted by atomic mass is 10.0. The molecule has 0 heterocycles.